The average molecular weight is 281 g/mol. The second kappa shape index (κ2) is 6.02. The number of nitrogens with zero attached hydrogens (tertiary/aromatic N) is 1. The third-order valence-corrected chi connectivity index (χ3v) is 3.67. The van der Waals surface area contributed by atoms with E-state index in [1.807, 2.05) is 48.5 Å². The Morgan fingerprint density at radius 2 is 1.76 bits per heavy atom. The van der Waals surface area contributed by atoms with Gasteiger partial charge in [-0.15, -0.1) is 0 Å². The minimum Gasteiger partial charge on any atom is -0.458 e. The summed E-state index contributed by atoms with van der Waals surface area (Å²) in [7, 11) is 0. The van der Waals surface area contributed by atoms with Crippen molar-refractivity contribution in [1.82, 2.24) is 0 Å². The predicted molar refractivity (Wildman–Crippen MR) is 85.5 cm³/mol. The van der Waals surface area contributed by atoms with E-state index in [0.29, 0.717) is 12.3 Å². The molecule has 3 aromatic rings. The lowest BCUT2D eigenvalue weighted by molar-refractivity contribution is 0.158. The van der Waals surface area contributed by atoms with Crippen LogP contribution >= 0.6 is 0 Å². The molecule has 3 nitrogen and oxygen atoms in total. The van der Waals surface area contributed by atoms with Gasteiger partial charge >= 0.3 is 0 Å². The number of likely N-dealkylation sites (N-methyl/N-ethyl adjacent to an activating group) is 1. The molecule has 1 heterocycles. The molecular formula is C18H19NO2. The van der Waals surface area contributed by atoms with Gasteiger partial charge in [-0.1, -0.05) is 36.4 Å². The molecule has 21 heavy (non-hydrogen) atoms. The molecule has 0 saturated heterocycles. The lowest BCUT2D eigenvalue weighted by Crippen LogP contribution is -2.28. The molecule has 1 aromatic heterocycles. The topological polar surface area (TPSA) is 36.6 Å². The first kappa shape index (κ1) is 13.7. The summed E-state index contributed by atoms with van der Waals surface area (Å²) in [4.78, 5) is 2.14. The normalized spacial score (nSPS) is 12.5. The quantitative estimate of drug-likeness (QED) is 0.768. The van der Waals surface area contributed by atoms with Crippen LogP contribution in [0.15, 0.2) is 65.1 Å². The Morgan fingerprint density at radius 3 is 2.48 bits per heavy atom. The number of fused-ring (bicyclic) bond motifs is 1. The number of furan rings is 1. The number of aliphatic hydroxyl groups excluding tert-OH is 1. The SMILES string of the molecule is CCN(CC(O)c1cc2ccccc2o1)c1ccccc1. The zero-order chi connectivity index (χ0) is 14.7. The molecule has 108 valence electrons. The maximum absolute atomic E-state index is 10.4. The fourth-order valence-electron chi connectivity index (χ4n) is 2.52. The van der Waals surface area contributed by atoms with E-state index in [4.69, 9.17) is 4.42 Å². The van der Waals surface area contributed by atoms with Gasteiger partial charge in [0.25, 0.3) is 0 Å². The summed E-state index contributed by atoms with van der Waals surface area (Å²) < 4.78 is 5.73. The van der Waals surface area contributed by atoms with E-state index in [0.717, 1.165) is 23.2 Å². The van der Waals surface area contributed by atoms with Crippen molar-refractivity contribution < 1.29 is 9.52 Å². The van der Waals surface area contributed by atoms with Gasteiger partial charge in [0, 0.05) is 17.6 Å². The summed E-state index contributed by atoms with van der Waals surface area (Å²) in [6.07, 6.45) is -0.641. The highest BCUT2D eigenvalue weighted by atomic mass is 16.4. The minimum absolute atomic E-state index is 0.514. The second-order valence-electron chi connectivity index (χ2n) is 5.08. The van der Waals surface area contributed by atoms with Crippen LogP contribution in [-0.2, 0) is 0 Å². The van der Waals surface area contributed by atoms with E-state index in [1.54, 1.807) is 0 Å². The van der Waals surface area contributed by atoms with Crippen LogP contribution in [-0.4, -0.2) is 18.2 Å². The van der Waals surface area contributed by atoms with Gasteiger partial charge in [0.15, 0.2) is 0 Å². The van der Waals surface area contributed by atoms with E-state index in [-0.39, 0.29) is 0 Å². The number of hydrogen-bond donors (Lipinski definition) is 1. The first-order valence-corrected chi connectivity index (χ1v) is 7.24. The lowest BCUT2D eigenvalue weighted by Gasteiger charge is -2.25. The molecule has 3 heteroatoms. The molecule has 0 saturated carbocycles. The number of hydrogen-bond acceptors (Lipinski definition) is 3. The number of anilines is 1. The van der Waals surface area contributed by atoms with Crippen molar-refractivity contribution in [2.45, 2.75) is 13.0 Å². The molecule has 1 N–H and O–H groups in total. The van der Waals surface area contributed by atoms with Crippen LogP contribution < -0.4 is 4.90 Å². The van der Waals surface area contributed by atoms with Gasteiger partial charge in [-0.05, 0) is 31.2 Å². The molecule has 0 fully saturated rings. The van der Waals surface area contributed by atoms with Crippen LogP contribution in [0.4, 0.5) is 5.69 Å². The van der Waals surface area contributed by atoms with Gasteiger partial charge in [-0.3, -0.25) is 0 Å². The zero-order valence-electron chi connectivity index (χ0n) is 12.1. The smallest absolute Gasteiger partial charge is 0.135 e. The summed E-state index contributed by atoms with van der Waals surface area (Å²) in [5, 5.41) is 11.5. The first-order chi connectivity index (χ1) is 10.3. The molecule has 2 aromatic carbocycles. The highest BCUT2D eigenvalue weighted by molar-refractivity contribution is 5.77. The molecule has 3 rings (SSSR count). The first-order valence-electron chi connectivity index (χ1n) is 7.24. The Bertz CT molecular complexity index is 672. The summed E-state index contributed by atoms with van der Waals surface area (Å²) in [6.45, 7) is 3.43. The van der Waals surface area contributed by atoms with E-state index < -0.39 is 6.10 Å². The maximum Gasteiger partial charge on any atom is 0.135 e. The van der Waals surface area contributed by atoms with Crippen LogP contribution in [0.3, 0.4) is 0 Å². The molecule has 0 aliphatic heterocycles. The molecule has 0 spiro atoms. The summed E-state index contributed by atoms with van der Waals surface area (Å²) in [6, 6.07) is 19.8. The van der Waals surface area contributed by atoms with E-state index in [2.05, 4.69) is 24.0 Å². The average Bonchev–Trinajstić information content (AvgIpc) is 2.97. The van der Waals surface area contributed by atoms with Crippen LogP contribution in [0.1, 0.15) is 18.8 Å². The van der Waals surface area contributed by atoms with Crippen molar-refractivity contribution in [1.29, 1.82) is 0 Å². The molecule has 0 radical (unpaired) electrons. The Hall–Kier alpha value is -2.26. The highest BCUT2D eigenvalue weighted by Gasteiger charge is 2.17. The number of para-hydroxylation sites is 2. The lowest BCUT2D eigenvalue weighted by atomic mass is 10.2. The van der Waals surface area contributed by atoms with Crippen LogP contribution in [0.5, 0.6) is 0 Å². The second-order valence-corrected chi connectivity index (χ2v) is 5.08. The van der Waals surface area contributed by atoms with Crippen molar-refractivity contribution >= 4 is 16.7 Å². The number of benzene rings is 2. The zero-order valence-corrected chi connectivity index (χ0v) is 12.1. The van der Waals surface area contributed by atoms with Gasteiger partial charge in [0.1, 0.15) is 17.4 Å². The highest BCUT2D eigenvalue weighted by Crippen LogP contribution is 2.25. The van der Waals surface area contributed by atoms with E-state index in [1.165, 1.54) is 0 Å². The molecule has 1 atom stereocenters. The third-order valence-electron chi connectivity index (χ3n) is 3.67. The van der Waals surface area contributed by atoms with Crippen LogP contribution in [0.25, 0.3) is 11.0 Å². The van der Waals surface area contributed by atoms with Gasteiger partial charge < -0.3 is 14.4 Å². The van der Waals surface area contributed by atoms with Gasteiger partial charge in [0.2, 0.25) is 0 Å². The maximum atomic E-state index is 10.4. The van der Waals surface area contributed by atoms with Gasteiger partial charge in [-0.25, -0.2) is 0 Å². The Morgan fingerprint density at radius 1 is 1.05 bits per heavy atom. The van der Waals surface area contributed by atoms with Crippen molar-refractivity contribution in [2.24, 2.45) is 0 Å². The van der Waals surface area contributed by atoms with Crippen LogP contribution in [0, 0.1) is 0 Å². The van der Waals surface area contributed by atoms with Crippen LogP contribution in [0.2, 0.25) is 0 Å². The molecule has 0 aliphatic carbocycles. The largest absolute Gasteiger partial charge is 0.458 e. The van der Waals surface area contributed by atoms with Crippen molar-refractivity contribution in [3.8, 4) is 0 Å². The predicted octanol–water partition coefficient (Wildman–Crippen LogP) is 3.99. The molecule has 1 unspecified atom stereocenters. The van der Waals surface area contributed by atoms with Gasteiger partial charge in [0.05, 0.1) is 6.54 Å². The Labute approximate surface area is 124 Å². The fraction of sp³-hybridized carbons (Fsp3) is 0.222. The summed E-state index contributed by atoms with van der Waals surface area (Å²) >= 11 is 0. The van der Waals surface area contributed by atoms with E-state index >= 15 is 0 Å². The molecule has 0 amide bonds. The van der Waals surface area contributed by atoms with Gasteiger partial charge in [-0.2, -0.15) is 0 Å². The minimum atomic E-state index is -0.641. The Balaban J connectivity index is 1.79. The number of rotatable bonds is 5. The Kier molecular flexibility index (Phi) is 3.93. The third kappa shape index (κ3) is 2.93. The monoisotopic (exact) mass is 281 g/mol. The molecular weight excluding hydrogens is 262 g/mol. The molecule has 0 bridgehead atoms. The van der Waals surface area contributed by atoms with Crippen molar-refractivity contribution in [2.75, 3.05) is 18.0 Å². The summed E-state index contributed by atoms with van der Waals surface area (Å²) in [5.74, 6) is 0.616. The fourth-order valence-corrected chi connectivity index (χ4v) is 2.52. The standard InChI is InChI=1S/C18H19NO2/c1-2-19(15-9-4-3-5-10-15)13-16(20)18-12-14-8-6-7-11-17(14)21-18/h3-12,16,20H,2,13H2,1H3. The summed E-state index contributed by atoms with van der Waals surface area (Å²) in [5.41, 5.74) is 1.92. The van der Waals surface area contributed by atoms with Crippen molar-refractivity contribution in [3.05, 3.63) is 66.4 Å². The van der Waals surface area contributed by atoms with Crippen molar-refractivity contribution in [3.63, 3.8) is 0 Å². The molecule has 0 aliphatic rings. The number of aliphatic hydroxyl groups is 1. The van der Waals surface area contributed by atoms with E-state index in [9.17, 15) is 5.11 Å².